The lowest BCUT2D eigenvalue weighted by molar-refractivity contribution is 0.0695. The third kappa shape index (κ3) is 4.05. The Morgan fingerprint density at radius 1 is 1.47 bits per heavy atom. The average molecular weight is 288 g/mol. The molecule has 0 aromatic carbocycles. The van der Waals surface area contributed by atoms with Crippen molar-refractivity contribution in [3.63, 3.8) is 0 Å². The van der Waals surface area contributed by atoms with Crippen molar-refractivity contribution in [1.29, 1.82) is 0 Å². The highest BCUT2D eigenvalue weighted by molar-refractivity contribution is 7.91. The number of nitrogens with zero attached hydrogens (tertiary/aromatic N) is 2. The summed E-state index contributed by atoms with van der Waals surface area (Å²) in [4.78, 5) is 11.1. The number of carboxylic acids is 1. The van der Waals surface area contributed by atoms with E-state index >= 15 is 0 Å². The number of rotatable bonds is 7. The van der Waals surface area contributed by atoms with Gasteiger partial charge in [-0.1, -0.05) is 20.8 Å². The summed E-state index contributed by atoms with van der Waals surface area (Å²) < 4.78 is 24.3. The molecular formula is C12H20N2O4S. The first-order chi connectivity index (χ1) is 8.80. The van der Waals surface area contributed by atoms with E-state index in [0.717, 1.165) is 6.42 Å². The van der Waals surface area contributed by atoms with Gasteiger partial charge in [-0.25, -0.2) is 13.2 Å². The van der Waals surface area contributed by atoms with Crippen LogP contribution in [0.3, 0.4) is 0 Å². The van der Waals surface area contributed by atoms with E-state index in [1.807, 2.05) is 13.8 Å². The van der Waals surface area contributed by atoms with Gasteiger partial charge in [-0.05, 0) is 6.42 Å². The molecule has 1 heterocycles. The summed E-state index contributed by atoms with van der Waals surface area (Å²) in [7, 11) is -3.08. The summed E-state index contributed by atoms with van der Waals surface area (Å²) in [5.41, 5.74) is 0.673. The second-order valence-corrected chi connectivity index (χ2v) is 7.01. The molecule has 1 atom stereocenters. The molecule has 1 N–H and O–H groups in total. The molecule has 0 aliphatic rings. The van der Waals surface area contributed by atoms with E-state index < -0.39 is 15.8 Å². The van der Waals surface area contributed by atoms with Crippen LogP contribution in [0.5, 0.6) is 0 Å². The lowest BCUT2D eigenvalue weighted by atomic mass is 10.0. The molecule has 0 aliphatic heterocycles. The number of aromatic carboxylic acids is 1. The maximum atomic E-state index is 11.4. The molecule has 1 rings (SSSR count). The van der Waals surface area contributed by atoms with Crippen molar-refractivity contribution in [2.24, 2.45) is 0 Å². The number of aryl methyl sites for hydroxylation is 1. The second kappa shape index (κ2) is 6.18. The van der Waals surface area contributed by atoms with E-state index in [1.54, 1.807) is 6.92 Å². The number of sulfone groups is 1. The Labute approximate surface area is 113 Å². The largest absolute Gasteiger partial charge is 0.478 e. The minimum absolute atomic E-state index is 0.0236. The topological polar surface area (TPSA) is 89.3 Å². The van der Waals surface area contributed by atoms with Gasteiger partial charge in [0.25, 0.3) is 0 Å². The van der Waals surface area contributed by atoms with Gasteiger partial charge in [0.1, 0.15) is 5.56 Å². The maximum absolute atomic E-state index is 11.4. The molecule has 0 amide bonds. The summed E-state index contributed by atoms with van der Waals surface area (Å²) in [6.07, 6.45) is 2.19. The van der Waals surface area contributed by atoms with Crippen LogP contribution in [0, 0.1) is 0 Å². The second-order valence-electron chi connectivity index (χ2n) is 4.54. The van der Waals surface area contributed by atoms with Gasteiger partial charge in [0, 0.05) is 17.9 Å². The normalized spacial score (nSPS) is 13.4. The zero-order valence-electron chi connectivity index (χ0n) is 11.5. The minimum atomic E-state index is -3.08. The Morgan fingerprint density at radius 2 is 2.11 bits per heavy atom. The Bertz CT molecular complexity index is 548. The van der Waals surface area contributed by atoms with Crippen molar-refractivity contribution in [2.45, 2.75) is 39.7 Å². The molecule has 108 valence electrons. The van der Waals surface area contributed by atoms with E-state index in [9.17, 15) is 13.2 Å². The van der Waals surface area contributed by atoms with Gasteiger partial charge in [-0.2, -0.15) is 5.10 Å². The van der Waals surface area contributed by atoms with Crippen LogP contribution in [0.25, 0.3) is 0 Å². The Morgan fingerprint density at radius 3 is 2.58 bits per heavy atom. The average Bonchev–Trinajstić information content (AvgIpc) is 2.80. The number of carbonyl (C=O) groups is 1. The Balaban J connectivity index is 2.96. The molecule has 1 unspecified atom stereocenters. The van der Waals surface area contributed by atoms with Crippen LogP contribution in [-0.2, 0) is 16.4 Å². The SMILES string of the molecule is CCC(C)c1nn(CCS(=O)(=O)CC)cc1C(=O)O. The molecule has 19 heavy (non-hydrogen) atoms. The number of carboxylic acid groups (broad SMARTS) is 1. The van der Waals surface area contributed by atoms with Gasteiger partial charge in [-0.15, -0.1) is 0 Å². The molecule has 0 bridgehead atoms. The van der Waals surface area contributed by atoms with Crippen molar-refractivity contribution in [2.75, 3.05) is 11.5 Å². The van der Waals surface area contributed by atoms with E-state index in [-0.39, 0.29) is 29.5 Å². The van der Waals surface area contributed by atoms with Crippen molar-refractivity contribution < 1.29 is 18.3 Å². The molecule has 0 fully saturated rings. The van der Waals surface area contributed by atoms with Crippen LogP contribution in [-0.4, -0.2) is 40.8 Å². The molecular weight excluding hydrogens is 268 g/mol. The van der Waals surface area contributed by atoms with E-state index in [1.165, 1.54) is 10.9 Å². The quantitative estimate of drug-likeness (QED) is 0.821. The molecule has 1 aromatic heterocycles. The third-order valence-electron chi connectivity index (χ3n) is 3.17. The zero-order valence-corrected chi connectivity index (χ0v) is 12.3. The summed E-state index contributed by atoms with van der Waals surface area (Å²) in [5.74, 6) is -0.933. The van der Waals surface area contributed by atoms with Crippen LogP contribution in [0.1, 0.15) is 49.2 Å². The van der Waals surface area contributed by atoms with Crippen LogP contribution >= 0.6 is 0 Å². The number of hydrogen-bond acceptors (Lipinski definition) is 4. The smallest absolute Gasteiger partial charge is 0.339 e. The third-order valence-corrected chi connectivity index (χ3v) is 4.86. The van der Waals surface area contributed by atoms with Gasteiger partial charge >= 0.3 is 5.97 Å². The standard InChI is InChI=1S/C12H20N2O4S/c1-4-9(3)11-10(12(15)16)8-14(13-11)6-7-19(17,18)5-2/h8-9H,4-7H2,1-3H3,(H,15,16). The fraction of sp³-hybridized carbons (Fsp3) is 0.667. The minimum Gasteiger partial charge on any atom is -0.478 e. The van der Waals surface area contributed by atoms with Gasteiger partial charge in [0.05, 0.1) is 18.0 Å². The number of hydrogen-bond donors (Lipinski definition) is 1. The Hall–Kier alpha value is -1.37. The summed E-state index contributed by atoms with van der Waals surface area (Å²) in [6, 6.07) is 0. The van der Waals surface area contributed by atoms with E-state index in [4.69, 9.17) is 5.11 Å². The van der Waals surface area contributed by atoms with Gasteiger partial charge < -0.3 is 5.11 Å². The monoisotopic (exact) mass is 288 g/mol. The maximum Gasteiger partial charge on any atom is 0.339 e. The van der Waals surface area contributed by atoms with Gasteiger partial charge in [0.2, 0.25) is 0 Å². The van der Waals surface area contributed by atoms with E-state index in [0.29, 0.717) is 5.69 Å². The molecule has 6 nitrogen and oxygen atoms in total. The molecule has 0 spiro atoms. The van der Waals surface area contributed by atoms with Crippen molar-refractivity contribution in [3.05, 3.63) is 17.5 Å². The van der Waals surface area contributed by atoms with Gasteiger partial charge in [-0.3, -0.25) is 4.68 Å². The predicted octanol–water partition coefficient (Wildman–Crippen LogP) is 1.53. The summed E-state index contributed by atoms with van der Waals surface area (Å²) in [5, 5.41) is 13.3. The van der Waals surface area contributed by atoms with Crippen molar-refractivity contribution >= 4 is 15.8 Å². The first-order valence-electron chi connectivity index (χ1n) is 6.31. The molecule has 0 saturated carbocycles. The molecule has 0 saturated heterocycles. The highest BCUT2D eigenvalue weighted by Gasteiger charge is 2.20. The number of aromatic nitrogens is 2. The Kier molecular flexibility index (Phi) is 5.11. The van der Waals surface area contributed by atoms with Crippen LogP contribution in [0.2, 0.25) is 0 Å². The van der Waals surface area contributed by atoms with Crippen LogP contribution in [0.4, 0.5) is 0 Å². The first kappa shape index (κ1) is 15.7. The van der Waals surface area contributed by atoms with Crippen molar-refractivity contribution in [1.82, 2.24) is 9.78 Å². The highest BCUT2D eigenvalue weighted by Crippen LogP contribution is 2.21. The zero-order chi connectivity index (χ0) is 14.6. The fourth-order valence-electron chi connectivity index (χ4n) is 1.65. The highest BCUT2D eigenvalue weighted by atomic mass is 32.2. The van der Waals surface area contributed by atoms with Crippen LogP contribution in [0.15, 0.2) is 6.20 Å². The molecule has 0 radical (unpaired) electrons. The van der Waals surface area contributed by atoms with E-state index in [2.05, 4.69) is 5.10 Å². The molecule has 0 aliphatic carbocycles. The lowest BCUT2D eigenvalue weighted by Crippen LogP contribution is -2.15. The van der Waals surface area contributed by atoms with Crippen LogP contribution < -0.4 is 0 Å². The molecule has 1 aromatic rings. The predicted molar refractivity (Wildman–Crippen MR) is 72.2 cm³/mol. The van der Waals surface area contributed by atoms with Crippen molar-refractivity contribution in [3.8, 4) is 0 Å². The first-order valence-corrected chi connectivity index (χ1v) is 8.13. The van der Waals surface area contributed by atoms with Gasteiger partial charge in [0.15, 0.2) is 9.84 Å². The summed E-state index contributed by atoms with van der Waals surface area (Å²) >= 11 is 0. The summed E-state index contributed by atoms with van der Waals surface area (Å²) in [6.45, 7) is 5.64. The lowest BCUT2D eigenvalue weighted by Gasteiger charge is -2.05. The molecule has 7 heteroatoms. The fourth-order valence-corrected chi connectivity index (χ4v) is 2.40.